The molecular weight excluding hydrogens is 462 g/mol. The largest absolute Gasteiger partial charge is 0.497 e. The zero-order valence-corrected chi connectivity index (χ0v) is 19.5. The SMILES string of the molecule is COc1ccc(-c2nc(C3(C(=O)O)CCN(C(=O)N(C)O)CC3)oc2-c2ccc(Cl)cc2)cc1. The van der Waals surface area contributed by atoms with E-state index in [1.165, 1.54) is 11.9 Å². The van der Waals surface area contributed by atoms with Crippen molar-refractivity contribution in [2.75, 3.05) is 27.2 Å². The molecule has 0 saturated carbocycles. The number of benzene rings is 2. The Morgan fingerprint density at radius 1 is 1.09 bits per heavy atom. The number of methoxy groups -OCH3 is 1. The molecule has 0 spiro atoms. The molecule has 1 aliphatic heterocycles. The number of piperidine rings is 1. The molecule has 34 heavy (non-hydrogen) atoms. The van der Waals surface area contributed by atoms with Crippen LogP contribution in [0.25, 0.3) is 22.6 Å². The Morgan fingerprint density at radius 2 is 1.68 bits per heavy atom. The first kappa shape index (κ1) is 23.6. The number of aliphatic carboxylic acids is 1. The summed E-state index contributed by atoms with van der Waals surface area (Å²) in [6, 6.07) is 13.6. The Morgan fingerprint density at radius 3 is 2.21 bits per heavy atom. The van der Waals surface area contributed by atoms with Crippen LogP contribution in [0, 0.1) is 0 Å². The number of hydroxylamine groups is 2. The van der Waals surface area contributed by atoms with E-state index in [9.17, 15) is 19.9 Å². The fourth-order valence-corrected chi connectivity index (χ4v) is 4.20. The van der Waals surface area contributed by atoms with Gasteiger partial charge in [0.1, 0.15) is 16.9 Å². The number of nitrogens with zero attached hydrogens (tertiary/aromatic N) is 3. The molecule has 2 heterocycles. The lowest BCUT2D eigenvalue weighted by Gasteiger charge is -2.37. The van der Waals surface area contributed by atoms with Gasteiger partial charge in [-0.15, -0.1) is 0 Å². The summed E-state index contributed by atoms with van der Waals surface area (Å²) < 4.78 is 11.4. The second-order valence-electron chi connectivity index (χ2n) is 8.11. The number of carbonyl (C=O) groups is 2. The van der Waals surface area contributed by atoms with Crippen molar-refractivity contribution in [1.29, 1.82) is 0 Å². The lowest BCUT2D eigenvalue weighted by molar-refractivity contribution is -0.147. The van der Waals surface area contributed by atoms with E-state index in [0.29, 0.717) is 32.9 Å². The Kier molecular flexibility index (Phi) is 6.49. The van der Waals surface area contributed by atoms with Gasteiger partial charge in [0, 0.05) is 36.3 Å². The van der Waals surface area contributed by atoms with Gasteiger partial charge < -0.3 is 19.2 Å². The fourth-order valence-electron chi connectivity index (χ4n) is 4.07. The predicted octanol–water partition coefficient (Wildman–Crippen LogP) is 4.53. The fraction of sp³-hybridized carbons (Fsp3) is 0.292. The van der Waals surface area contributed by atoms with Crippen LogP contribution in [0.2, 0.25) is 5.02 Å². The molecule has 2 amide bonds. The summed E-state index contributed by atoms with van der Waals surface area (Å²) in [5.41, 5.74) is 0.505. The van der Waals surface area contributed by atoms with Gasteiger partial charge in [-0.05, 0) is 61.4 Å². The first-order valence-corrected chi connectivity index (χ1v) is 11.0. The smallest absolute Gasteiger partial charge is 0.343 e. The number of aromatic nitrogens is 1. The first-order chi connectivity index (χ1) is 16.2. The van der Waals surface area contributed by atoms with E-state index < -0.39 is 17.4 Å². The molecule has 9 nitrogen and oxygen atoms in total. The van der Waals surface area contributed by atoms with Crippen LogP contribution in [0.15, 0.2) is 52.9 Å². The molecule has 10 heteroatoms. The number of rotatable bonds is 5. The highest BCUT2D eigenvalue weighted by Crippen LogP contribution is 2.41. The van der Waals surface area contributed by atoms with Crippen molar-refractivity contribution in [2.45, 2.75) is 18.3 Å². The van der Waals surface area contributed by atoms with Crippen LogP contribution in [0.1, 0.15) is 18.7 Å². The minimum absolute atomic E-state index is 0.0696. The van der Waals surface area contributed by atoms with Crippen molar-refractivity contribution in [3.8, 4) is 28.3 Å². The molecule has 3 aromatic rings. The number of urea groups is 1. The van der Waals surface area contributed by atoms with Gasteiger partial charge in [0.25, 0.3) is 0 Å². The van der Waals surface area contributed by atoms with E-state index in [0.717, 1.165) is 5.56 Å². The van der Waals surface area contributed by atoms with Crippen molar-refractivity contribution in [3.63, 3.8) is 0 Å². The quantitative estimate of drug-likeness (QED) is 0.402. The Labute approximate surface area is 201 Å². The van der Waals surface area contributed by atoms with Crippen LogP contribution in [-0.2, 0) is 10.2 Å². The average molecular weight is 486 g/mol. The summed E-state index contributed by atoms with van der Waals surface area (Å²) in [6.07, 6.45) is 0.176. The van der Waals surface area contributed by atoms with Crippen molar-refractivity contribution in [1.82, 2.24) is 14.9 Å². The second-order valence-corrected chi connectivity index (χ2v) is 8.55. The summed E-state index contributed by atoms with van der Waals surface area (Å²) in [5, 5.41) is 20.7. The van der Waals surface area contributed by atoms with E-state index in [1.54, 1.807) is 43.5 Å². The van der Waals surface area contributed by atoms with E-state index in [4.69, 9.17) is 20.8 Å². The minimum Gasteiger partial charge on any atom is -0.497 e. The normalized spacial score (nSPS) is 15.1. The van der Waals surface area contributed by atoms with Crippen LogP contribution in [0.3, 0.4) is 0 Å². The Hall–Kier alpha value is -3.56. The van der Waals surface area contributed by atoms with Gasteiger partial charge in [-0.2, -0.15) is 0 Å². The molecule has 1 aliphatic rings. The molecule has 0 atom stereocenters. The van der Waals surface area contributed by atoms with Gasteiger partial charge in [-0.3, -0.25) is 10.0 Å². The Balaban J connectivity index is 1.78. The van der Waals surface area contributed by atoms with Crippen LogP contribution in [0.4, 0.5) is 4.79 Å². The third-order valence-corrected chi connectivity index (χ3v) is 6.33. The lowest BCUT2D eigenvalue weighted by Crippen LogP contribution is -2.51. The topological polar surface area (TPSA) is 116 Å². The number of hydrogen-bond donors (Lipinski definition) is 2. The average Bonchev–Trinajstić information content (AvgIpc) is 3.30. The van der Waals surface area contributed by atoms with Crippen molar-refractivity contribution >= 4 is 23.6 Å². The molecule has 2 N–H and O–H groups in total. The number of ether oxygens (including phenoxy) is 1. The highest BCUT2D eigenvalue weighted by Gasteiger charge is 2.49. The summed E-state index contributed by atoms with van der Waals surface area (Å²) in [5.74, 6) is 0.0850. The number of oxazole rings is 1. The van der Waals surface area contributed by atoms with Gasteiger partial charge in [0.2, 0.25) is 5.89 Å². The molecule has 4 rings (SSSR count). The third kappa shape index (κ3) is 4.32. The van der Waals surface area contributed by atoms with Gasteiger partial charge in [-0.1, -0.05) is 11.6 Å². The minimum atomic E-state index is -1.42. The molecule has 0 bridgehead atoms. The number of halogens is 1. The number of likely N-dealkylation sites (tertiary alicyclic amines) is 1. The molecule has 0 aliphatic carbocycles. The molecule has 0 radical (unpaired) electrons. The highest BCUT2D eigenvalue weighted by molar-refractivity contribution is 6.30. The van der Waals surface area contributed by atoms with Crippen LogP contribution in [-0.4, -0.2) is 64.5 Å². The maximum atomic E-state index is 12.5. The molecule has 1 aromatic heterocycles. The maximum absolute atomic E-state index is 12.5. The van der Waals surface area contributed by atoms with Crippen LogP contribution in [0.5, 0.6) is 5.75 Å². The number of hydrogen-bond acceptors (Lipinski definition) is 6. The van der Waals surface area contributed by atoms with E-state index >= 15 is 0 Å². The van der Waals surface area contributed by atoms with E-state index in [1.807, 2.05) is 12.1 Å². The van der Waals surface area contributed by atoms with Crippen LogP contribution < -0.4 is 4.74 Å². The van der Waals surface area contributed by atoms with E-state index in [-0.39, 0.29) is 31.8 Å². The lowest BCUT2D eigenvalue weighted by atomic mass is 9.78. The first-order valence-electron chi connectivity index (χ1n) is 10.6. The van der Waals surface area contributed by atoms with Crippen molar-refractivity contribution < 1.29 is 29.1 Å². The van der Waals surface area contributed by atoms with E-state index in [2.05, 4.69) is 4.98 Å². The summed E-state index contributed by atoms with van der Waals surface area (Å²) in [7, 11) is 2.81. The number of carboxylic acid groups (broad SMARTS) is 1. The van der Waals surface area contributed by atoms with Crippen molar-refractivity contribution in [2.24, 2.45) is 0 Å². The zero-order valence-electron chi connectivity index (χ0n) is 18.7. The Bertz CT molecular complexity index is 1180. The third-order valence-electron chi connectivity index (χ3n) is 6.08. The zero-order chi connectivity index (χ0) is 24.5. The van der Waals surface area contributed by atoms with Gasteiger partial charge >= 0.3 is 12.0 Å². The van der Waals surface area contributed by atoms with Crippen LogP contribution >= 0.6 is 11.6 Å². The molecule has 0 unspecified atom stereocenters. The molecule has 2 aromatic carbocycles. The maximum Gasteiger partial charge on any atom is 0.343 e. The van der Waals surface area contributed by atoms with Gasteiger partial charge in [0.05, 0.1) is 7.11 Å². The van der Waals surface area contributed by atoms with Gasteiger partial charge in [0.15, 0.2) is 5.76 Å². The summed E-state index contributed by atoms with van der Waals surface area (Å²) in [4.78, 5) is 30.7. The molecule has 178 valence electrons. The predicted molar refractivity (Wildman–Crippen MR) is 124 cm³/mol. The summed E-state index contributed by atoms with van der Waals surface area (Å²) >= 11 is 6.05. The van der Waals surface area contributed by atoms with Gasteiger partial charge in [-0.25, -0.2) is 14.8 Å². The molecule has 1 saturated heterocycles. The summed E-state index contributed by atoms with van der Waals surface area (Å²) in [6.45, 7) is 0.263. The molecular formula is C24H24ClN3O6. The monoisotopic (exact) mass is 485 g/mol. The number of carboxylic acids is 1. The molecule has 1 fully saturated rings. The second kappa shape index (κ2) is 9.36. The number of carbonyl (C=O) groups excluding carboxylic acids is 1. The standard InChI is InChI=1S/C24H24ClN3O6/c1-27(32)23(31)28-13-11-24(12-14-28,22(29)30)21-26-19(15-5-9-18(33-2)10-6-15)20(34-21)16-3-7-17(25)8-4-16/h3-10,32H,11-14H2,1-2H3,(H,29,30). The van der Waals surface area contributed by atoms with Crippen molar-refractivity contribution in [3.05, 3.63) is 59.4 Å². The highest BCUT2D eigenvalue weighted by atomic mass is 35.5. The number of amides is 2.